The van der Waals surface area contributed by atoms with E-state index in [9.17, 15) is 4.79 Å². The number of carbonyl (C=O) groups excluding carboxylic acids is 1. The molecule has 23 heavy (non-hydrogen) atoms. The number of hydrogen-bond donors (Lipinski definition) is 2. The van der Waals surface area contributed by atoms with Crippen molar-refractivity contribution in [3.63, 3.8) is 0 Å². The number of amides is 1. The molecule has 2 rings (SSSR count). The topological polar surface area (TPSA) is 67.0 Å². The van der Waals surface area contributed by atoms with E-state index in [1.165, 1.54) is 0 Å². The van der Waals surface area contributed by atoms with E-state index in [0.717, 1.165) is 23.5 Å². The van der Waals surface area contributed by atoms with Gasteiger partial charge in [-0.3, -0.25) is 4.79 Å². The van der Waals surface area contributed by atoms with Gasteiger partial charge in [0.15, 0.2) is 0 Å². The van der Waals surface area contributed by atoms with E-state index >= 15 is 0 Å². The Morgan fingerprint density at radius 3 is 2.70 bits per heavy atom. The maximum atomic E-state index is 12.0. The van der Waals surface area contributed by atoms with Gasteiger partial charge in [-0.05, 0) is 25.8 Å². The van der Waals surface area contributed by atoms with E-state index in [-0.39, 0.29) is 18.1 Å². The van der Waals surface area contributed by atoms with Gasteiger partial charge in [0.25, 0.3) is 0 Å². The molecule has 5 heteroatoms. The predicted molar refractivity (Wildman–Crippen MR) is 90.9 cm³/mol. The highest BCUT2D eigenvalue weighted by molar-refractivity contribution is 5.76. The lowest BCUT2D eigenvalue weighted by molar-refractivity contribution is -0.123. The van der Waals surface area contributed by atoms with Crippen LogP contribution in [0.4, 0.5) is 0 Å². The first kappa shape index (κ1) is 17.2. The van der Waals surface area contributed by atoms with Crippen LogP contribution in [0.5, 0.6) is 0 Å². The molecule has 0 saturated carbocycles. The lowest BCUT2D eigenvalue weighted by Gasteiger charge is -2.15. The van der Waals surface area contributed by atoms with E-state index in [4.69, 9.17) is 4.74 Å². The summed E-state index contributed by atoms with van der Waals surface area (Å²) in [7, 11) is 0. The molecule has 1 aromatic heterocycles. The Hall–Kier alpha value is -2.14. The number of imidazole rings is 1. The fourth-order valence-corrected chi connectivity index (χ4v) is 2.30. The van der Waals surface area contributed by atoms with Crippen LogP contribution in [-0.2, 0) is 9.53 Å². The molecule has 0 fully saturated rings. The third kappa shape index (κ3) is 5.21. The number of ether oxygens (including phenoxy) is 1. The summed E-state index contributed by atoms with van der Waals surface area (Å²) in [5.41, 5.74) is 2.04. The quantitative estimate of drug-likeness (QED) is 0.784. The van der Waals surface area contributed by atoms with Crippen LogP contribution in [0, 0.1) is 0 Å². The summed E-state index contributed by atoms with van der Waals surface area (Å²) in [5, 5.41) is 3.01. The minimum absolute atomic E-state index is 0.0184. The molecule has 5 nitrogen and oxygen atoms in total. The Morgan fingerprint density at radius 2 is 2.04 bits per heavy atom. The Kier molecular flexibility index (Phi) is 6.35. The number of carbonyl (C=O) groups is 1. The molecule has 0 aliphatic rings. The first-order valence-electron chi connectivity index (χ1n) is 8.11. The molecule has 0 radical (unpaired) electrons. The fourth-order valence-electron chi connectivity index (χ4n) is 2.30. The van der Waals surface area contributed by atoms with Gasteiger partial charge in [0.05, 0.1) is 30.6 Å². The van der Waals surface area contributed by atoms with Crippen LogP contribution in [-0.4, -0.2) is 28.6 Å². The second kappa shape index (κ2) is 8.48. The Balaban J connectivity index is 1.96. The van der Waals surface area contributed by atoms with Crippen LogP contribution in [0.15, 0.2) is 36.5 Å². The largest absolute Gasteiger partial charge is 0.378 e. The lowest BCUT2D eigenvalue weighted by Crippen LogP contribution is -2.29. The SMILES string of the molecule is CC[C@H](NC(=O)CCOC(C)C)c1ncc(-c2ccccc2)[nH]1. The van der Waals surface area contributed by atoms with Crippen molar-refractivity contribution in [2.45, 2.75) is 45.8 Å². The van der Waals surface area contributed by atoms with Crippen molar-refractivity contribution in [2.75, 3.05) is 6.61 Å². The number of aromatic amines is 1. The molecule has 1 heterocycles. The van der Waals surface area contributed by atoms with Crippen molar-refractivity contribution in [1.29, 1.82) is 0 Å². The van der Waals surface area contributed by atoms with Gasteiger partial charge in [0, 0.05) is 6.42 Å². The monoisotopic (exact) mass is 315 g/mol. The Morgan fingerprint density at radius 1 is 1.30 bits per heavy atom. The highest BCUT2D eigenvalue weighted by Crippen LogP contribution is 2.20. The van der Waals surface area contributed by atoms with Crippen LogP contribution in [0.2, 0.25) is 0 Å². The smallest absolute Gasteiger partial charge is 0.222 e. The molecule has 2 N–H and O–H groups in total. The fraction of sp³-hybridized carbons (Fsp3) is 0.444. The van der Waals surface area contributed by atoms with Crippen molar-refractivity contribution >= 4 is 5.91 Å². The van der Waals surface area contributed by atoms with Gasteiger partial charge in [0.1, 0.15) is 5.82 Å². The summed E-state index contributed by atoms with van der Waals surface area (Å²) in [4.78, 5) is 19.7. The number of aromatic nitrogens is 2. The summed E-state index contributed by atoms with van der Waals surface area (Å²) in [6, 6.07) is 9.90. The van der Waals surface area contributed by atoms with Crippen molar-refractivity contribution in [3.8, 4) is 11.3 Å². The van der Waals surface area contributed by atoms with Crippen molar-refractivity contribution in [2.24, 2.45) is 0 Å². The molecule has 2 aromatic rings. The zero-order valence-corrected chi connectivity index (χ0v) is 14.0. The average Bonchev–Trinajstić information content (AvgIpc) is 3.03. The number of nitrogens with one attached hydrogen (secondary N) is 2. The third-order valence-electron chi connectivity index (χ3n) is 3.53. The highest BCUT2D eigenvalue weighted by Gasteiger charge is 2.16. The maximum Gasteiger partial charge on any atom is 0.222 e. The van der Waals surface area contributed by atoms with Gasteiger partial charge in [-0.2, -0.15) is 0 Å². The van der Waals surface area contributed by atoms with Crippen molar-refractivity contribution in [1.82, 2.24) is 15.3 Å². The van der Waals surface area contributed by atoms with Gasteiger partial charge < -0.3 is 15.0 Å². The second-order valence-corrected chi connectivity index (χ2v) is 5.75. The number of rotatable bonds is 8. The Bertz CT molecular complexity index is 608. The molecular formula is C18H25N3O2. The normalized spacial score (nSPS) is 12.3. The molecule has 124 valence electrons. The molecule has 0 saturated heterocycles. The number of nitrogens with zero attached hydrogens (tertiary/aromatic N) is 1. The maximum absolute atomic E-state index is 12.0. The van der Waals surface area contributed by atoms with Crippen LogP contribution in [0.1, 0.15) is 45.5 Å². The summed E-state index contributed by atoms with van der Waals surface area (Å²) < 4.78 is 5.41. The number of H-pyrrole nitrogens is 1. The molecule has 0 bridgehead atoms. The summed E-state index contributed by atoms with van der Waals surface area (Å²) in [6.07, 6.45) is 3.09. The second-order valence-electron chi connectivity index (χ2n) is 5.75. The highest BCUT2D eigenvalue weighted by atomic mass is 16.5. The molecular weight excluding hydrogens is 290 g/mol. The molecule has 1 atom stereocenters. The predicted octanol–water partition coefficient (Wildman–Crippen LogP) is 3.46. The minimum atomic E-state index is -0.112. The zero-order chi connectivity index (χ0) is 16.7. The van der Waals surface area contributed by atoms with Crippen LogP contribution < -0.4 is 5.32 Å². The lowest BCUT2D eigenvalue weighted by atomic mass is 10.2. The summed E-state index contributed by atoms with van der Waals surface area (Å²) >= 11 is 0. The summed E-state index contributed by atoms with van der Waals surface area (Å²) in [6.45, 7) is 6.38. The number of benzene rings is 1. The van der Waals surface area contributed by atoms with E-state index in [1.807, 2.05) is 51.1 Å². The van der Waals surface area contributed by atoms with Crippen LogP contribution >= 0.6 is 0 Å². The molecule has 0 unspecified atom stereocenters. The van der Waals surface area contributed by atoms with Gasteiger partial charge in [-0.25, -0.2) is 4.98 Å². The van der Waals surface area contributed by atoms with E-state index in [1.54, 1.807) is 6.20 Å². The molecule has 0 aliphatic heterocycles. The van der Waals surface area contributed by atoms with Crippen LogP contribution in [0.25, 0.3) is 11.3 Å². The van der Waals surface area contributed by atoms with Gasteiger partial charge in [0.2, 0.25) is 5.91 Å². The standard InChI is InChI=1S/C18H25N3O2/c1-4-15(20-17(22)10-11-23-13(2)3)18-19-12-16(21-18)14-8-6-5-7-9-14/h5-9,12-13,15H,4,10-11H2,1-3H3,(H,19,21)(H,20,22)/t15-/m0/s1. The van der Waals surface area contributed by atoms with E-state index < -0.39 is 0 Å². The first-order chi connectivity index (χ1) is 11.1. The molecule has 0 aliphatic carbocycles. The van der Waals surface area contributed by atoms with Gasteiger partial charge in [-0.1, -0.05) is 37.3 Å². The Labute approximate surface area is 137 Å². The molecule has 1 aromatic carbocycles. The van der Waals surface area contributed by atoms with Crippen molar-refractivity contribution in [3.05, 3.63) is 42.4 Å². The average molecular weight is 315 g/mol. The third-order valence-corrected chi connectivity index (χ3v) is 3.53. The zero-order valence-electron chi connectivity index (χ0n) is 14.0. The van der Waals surface area contributed by atoms with E-state index in [2.05, 4.69) is 15.3 Å². The van der Waals surface area contributed by atoms with Crippen LogP contribution in [0.3, 0.4) is 0 Å². The first-order valence-corrected chi connectivity index (χ1v) is 8.11. The van der Waals surface area contributed by atoms with Gasteiger partial charge >= 0.3 is 0 Å². The number of hydrogen-bond acceptors (Lipinski definition) is 3. The summed E-state index contributed by atoms with van der Waals surface area (Å²) in [5.74, 6) is 0.764. The van der Waals surface area contributed by atoms with Gasteiger partial charge in [-0.15, -0.1) is 0 Å². The minimum Gasteiger partial charge on any atom is -0.378 e. The molecule has 1 amide bonds. The van der Waals surface area contributed by atoms with Crippen molar-refractivity contribution < 1.29 is 9.53 Å². The van der Waals surface area contributed by atoms with E-state index in [0.29, 0.717) is 13.0 Å². The molecule has 0 spiro atoms.